The van der Waals surface area contributed by atoms with Crippen molar-refractivity contribution >= 4 is 41.9 Å². The van der Waals surface area contributed by atoms with E-state index in [0.717, 1.165) is 31.4 Å². The number of halogens is 3. The number of benzene rings is 1. The second-order valence-electron chi connectivity index (χ2n) is 6.08. The van der Waals surface area contributed by atoms with E-state index >= 15 is 0 Å². The summed E-state index contributed by atoms with van der Waals surface area (Å²) in [6.45, 7) is 1.66. The summed E-state index contributed by atoms with van der Waals surface area (Å²) in [7, 11) is -3.97. The predicted octanol–water partition coefficient (Wildman–Crippen LogP) is 4.18. The molecule has 6 nitrogen and oxygen atoms in total. The lowest BCUT2D eigenvalue weighted by atomic mass is 9.82. The maximum atomic E-state index is 13.5. The molecule has 136 valence electrons. The molecule has 0 spiro atoms. The fourth-order valence-electron chi connectivity index (χ4n) is 3.11. The molecule has 0 bridgehead atoms. The molecule has 2 aromatic rings. The Balaban J connectivity index is 2.05. The van der Waals surface area contributed by atoms with Crippen molar-refractivity contribution in [2.75, 3.05) is 0 Å². The Labute approximate surface area is 161 Å². The maximum Gasteiger partial charge on any atom is 0.243 e. The van der Waals surface area contributed by atoms with Gasteiger partial charge in [0.2, 0.25) is 15.9 Å². The standard InChI is InChI=1S/C15H16Br2FN3O3S/c1-9-19-14(20-24-9)15(5-3-2-4-6-15)21-25(22,23)13-11(16)7-10(18)8-12(13)17/h7-8,21H,2-6H2,1H3. The molecular formula is C15H16Br2FN3O3S. The quantitative estimate of drug-likeness (QED) is 0.686. The minimum atomic E-state index is -3.97. The second kappa shape index (κ2) is 7.05. The van der Waals surface area contributed by atoms with Gasteiger partial charge in [-0.1, -0.05) is 24.4 Å². The van der Waals surface area contributed by atoms with Crippen LogP contribution in [0.4, 0.5) is 4.39 Å². The maximum absolute atomic E-state index is 13.5. The second-order valence-corrected chi connectivity index (χ2v) is 9.41. The molecule has 1 heterocycles. The van der Waals surface area contributed by atoms with E-state index in [1.807, 2.05) is 0 Å². The van der Waals surface area contributed by atoms with E-state index in [2.05, 4.69) is 46.7 Å². The fourth-order valence-corrected chi connectivity index (χ4v) is 7.07. The first-order valence-corrected chi connectivity index (χ1v) is 10.8. The van der Waals surface area contributed by atoms with Crippen molar-refractivity contribution in [3.8, 4) is 0 Å². The zero-order chi connectivity index (χ0) is 18.2. The summed E-state index contributed by atoms with van der Waals surface area (Å²) in [5.41, 5.74) is -0.928. The summed E-state index contributed by atoms with van der Waals surface area (Å²) in [5.74, 6) is 0.171. The zero-order valence-electron chi connectivity index (χ0n) is 13.4. The van der Waals surface area contributed by atoms with Crippen LogP contribution in [0, 0.1) is 12.7 Å². The van der Waals surface area contributed by atoms with E-state index in [1.165, 1.54) is 0 Å². The summed E-state index contributed by atoms with van der Waals surface area (Å²) in [6.07, 6.45) is 3.86. The number of hydrogen-bond donors (Lipinski definition) is 1. The number of nitrogens with zero attached hydrogens (tertiary/aromatic N) is 2. The van der Waals surface area contributed by atoms with Crippen LogP contribution in [0.2, 0.25) is 0 Å². The van der Waals surface area contributed by atoms with Gasteiger partial charge in [0.25, 0.3) is 0 Å². The number of aryl methyl sites for hydroxylation is 1. The molecule has 0 unspecified atom stereocenters. The van der Waals surface area contributed by atoms with Crippen molar-refractivity contribution in [3.05, 3.63) is 38.6 Å². The molecule has 0 amide bonds. The molecule has 1 aromatic heterocycles. The number of hydrogen-bond acceptors (Lipinski definition) is 5. The minimum Gasteiger partial charge on any atom is -0.340 e. The van der Waals surface area contributed by atoms with Crippen molar-refractivity contribution in [1.82, 2.24) is 14.9 Å². The highest BCUT2D eigenvalue weighted by Gasteiger charge is 2.42. The predicted molar refractivity (Wildman–Crippen MR) is 95.9 cm³/mol. The molecule has 1 aliphatic rings. The first-order valence-electron chi connectivity index (χ1n) is 7.73. The molecule has 1 aliphatic carbocycles. The average molecular weight is 497 g/mol. The van der Waals surface area contributed by atoms with Gasteiger partial charge in [0.05, 0.1) is 5.54 Å². The molecule has 25 heavy (non-hydrogen) atoms. The average Bonchev–Trinajstić information content (AvgIpc) is 2.93. The van der Waals surface area contributed by atoms with Crippen molar-refractivity contribution in [2.24, 2.45) is 0 Å². The summed E-state index contributed by atoms with van der Waals surface area (Å²) >= 11 is 6.28. The first-order chi connectivity index (χ1) is 11.7. The topological polar surface area (TPSA) is 85.1 Å². The fraction of sp³-hybridized carbons (Fsp3) is 0.467. The van der Waals surface area contributed by atoms with Crippen LogP contribution in [-0.4, -0.2) is 18.6 Å². The monoisotopic (exact) mass is 495 g/mol. The summed E-state index contributed by atoms with van der Waals surface area (Å²) < 4.78 is 47.7. The highest BCUT2D eigenvalue weighted by atomic mass is 79.9. The Morgan fingerprint density at radius 1 is 1.20 bits per heavy atom. The summed E-state index contributed by atoms with van der Waals surface area (Å²) in [6, 6.07) is 2.23. The van der Waals surface area contributed by atoms with Crippen LogP contribution >= 0.6 is 31.9 Å². The number of aromatic nitrogens is 2. The van der Waals surface area contributed by atoms with Gasteiger partial charge in [-0.2, -0.15) is 9.71 Å². The molecule has 1 fully saturated rings. The van der Waals surface area contributed by atoms with Crippen LogP contribution in [0.15, 0.2) is 30.5 Å². The van der Waals surface area contributed by atoms with Gasteiger partial charge in [0.1, 0.15) is 10.7 Å². The van der Waals surface area contributed by atoms with Gasteiger partial charge in [0.15, 0.2) is 5.82 Å². The van der Waals surface area contributed by atoms with E-state index in [4.69, 9.17) is 4.52 Å². The van der Waals surface area contributed by atoms with Crippen LogP contribution in [0.3, 0.4) is 0 Å². The van der Waals surface area contributed by atoms with Gasteiger partial charge in [-0.15, -0.1) is 0 Å². The molecule has 1 saturated carbocycles. The Morgan fingerprint density at radius 3 is 2.32 bits per heavy atom. The molecule has 3 rings (SSSR count). The normalized spacial score (nSPS) is 17.6. The van der Waals surface area contributed by atoms with Crippen LogP contribution in [0.1, 0.15) is 43.8 Å². The van der Waals surface area contributed by atoms with E-state index in [-0.39, 0.29) is 13.8 Å². The Bertz CT molecular complexity index is 872. The van der Waals surface area contributed by atoms with Crippen molar-refractivity contribution in [2.45, 2.75) is 49.5 Å². The van der Waals surface area contributed by atoms with Crippen LogP contribution < -0.4 is 4.72 Å². The molecule has 0 aliphatic heterocycles. The van der Waals surface area contributed by atoms with Crippen molar-refractivity contribution in [3.63, 3.8) is 0 Å². The van der Waals surface area contributed by atoms with Crippen LogP contribution in [0.25, 0.3) is 0 Å². The smallest absolute Gasteiger partial charge is 0.243 e. The molecule has 1 N–H and O–H groups in total. The van der Waals surface area contributed by atoms with Gasteiger partial charge < -0.3 is 4.52 Å². The Kier molecular flexibility index (Phi) is 5.34. The minimum absolute atomic E-state index is 0.0564. The molecule has 1 aromatic carbocycles. The van der Waals surface area contributed by atoms with Gasteiger partial charge >= 0.3 is 0 Å². The van der Waals surface area contributed by atoms with Gasteiger partial charge in [-0.3, -0.25) is 0 Å². The van der Waals surface area contributed by atoms with E-state index < -0.39 is 21.4 Å². The lowest BCUT2D eigenvalue weighted by Gasteiger charge is -2.35. The molecule has 10 heteroatoms. The van der Waals surface area contributed by atoms with Crippen molar-refractivity contribution < 1.29 is 17.3 Å². The Morgan fingerprint density at radius 2 is 1.80 bits per heavy atom. The highest BCUT2D eigenvalue weighted by molar-refractivity contribution is 9.11. The van der Waals surface area contributed by atoms with E-state index in [0.29, 0.717) is 24.6 Å². The lowest BCUT2D eigenvalue weighted by Crippen LogP contribution is -2.48. The number of sulfonamides is 1. The van der Waals surface area contributed by atoms with Gasteiger partial charge in [-0.05, 0) is 56.8 Å². The summed E-state index contributed by atoms with van der Waals surface area (Å²) in [5, 5.41) is 3.95. The van der Waals surface area contributed by atoms with Gasteiger partial charge in [0, 0.05) is 15.9 Å². The van der Waals surface area contributed by atoms with Crippen LogP contribution in [-0.2, 0) is 15.6 Å². The first kappa shape index (κ1) is 18.9. The molecule has 0 atom stereocenters. The van der Waals surface area contributed by atoms with E-state index in [9.17, 15) is 12.8 Å². The molecule has 0 saturated heterocycles. The van der Waals surface area contributed by atoms with E-state index in [1.54, 1.807) is 6.92 Å². The molecular weight excluding hydrogens is 481 g/mol. The zero-order valence-corrected chi connectivity index (χ0v) is 17.3. The Hall–Kier alpha value is -0.840. The summed E-state index contributed by atoms with van der Waals surface area (Å²) in [4.78, 5) is 4.20. The molecule has 0 radical (unpaired) electrons. The van der Waals surface area contributed by atoms with Crippen molar-refractivity contribution in [1.29, 1.82) is 0 Å². The third-order valence-electron chi connectivity index (χ3n) is 4.22. The third-order valence-corrected chi connectivity index (χ3v) is 7.64. The number of rotatable bonds is 4. The largest absolute Gasteiger partial charge is 0.340 e. The lowest BCUT2D eigenvalue weighted by molar-refractivity contribution is 0.248. The van der Waals surface area contributed by atoms with Crippen LogP contribution in [0.5, 0.6) is 0 Å². The highest BCUT2D eigenvalue weighted by Crippen LogP contribution is 2.39. The third kappa shape index (κ3) is 3.81. The number of nitrogens with one attached hydrogen (secondary N) is 1. The van der Waals surface area contributed by atoms with Gasteiger partial charge in [-0.25, -0.2) is 12.8 Å². The SMILES string of the molecule is Cc1nc(C2(NS(=O)(=O)c3c(Br)cc(F)cc3Br)CCCCC2)no1.